The predicted molar refractivity (Wildman–Crippen MR) is 64.7 cm³/mol. The number of hydrogen-bond donors (Lipinski definition) is 1. The molecule has 0 saturated heterocycles. The molecule has 6 heteroatoms. The summed E-state index contributed by atoms with van der Waals surface area (Å²) in [5.41, 5.74) is 0.512. The van der Waals surface area contributed by atoms with Crippen molar-refractivity contribution in [1.82, 2.24) is 19.9 Å². The Bertz CT molecular complexity index is 623. The van der Waals surface area contributed by atoms with Gasteiger partial charge in [0, 0.05) is 18.9 Å². The molecule has 0 radical (unpaired) electrons. The van der Waals surface area contributed by atoms with E-state index < -0.39 is 5.41 Å². The average molecular weight is 243 g/mol. The van der Waals surface area contributed by atoms with Crippen LogP contribution in [0.3, 0.4) is 0 Å². The summed E-state index contributed by atoms with van der Waals surface area (Å²) in [5, 5.41) is 15.7. The van der Waals surface area contributed by atoms with Crippen molar-refractivity contribution < 1.29 is 4.79 Å². The summed E-state index contributed by atoms with van der Waals surface area (Å²) in [6.45, 7) is 3.83. The number of nitrogens with one attached hydrogen (secondary N) is 1. The third-order valence-electron chi connectivity index (χ3n) is 2.56. The number of nitrogens with zero attached hydrogens (tertiary/aromatic N) is 4. The van der Waals surface area contributed by atoms with Crippen LogP contribution in [0.15, 0.2) is 24.8 Å². The summed E-state index contributed by atoms with van der Waals surface area (Å²) in [4.78, 5) is 15.9. The number of aromatic nitrogens is 3. The van der Waals surface area contributed by atoms with Crippen LogP contribution in [0.4, 0.5) is 0 Å². The van der Waals surface area contributed by atoms with Crippen LogP contribution in [0.5, 0.6) is 0 Å². The fourth-order valence-electron chi connectivity index (χ4n) is 1.45. The van der Waals surface area contributed by atoms with E-state index in [0.717, 1.165) is 0 Å². The van der Waals surface area contributed by atoms with Gasteiger partial charge in [0.15, 0.2) is 0 Å². The molecule has 1 amide bonds. The van der Waals surface area contributed by atoms with Gasteiger partial charge < -0.3 is 5.32 Å². The molecule has 0 fully saturated rings. The van der Waals surface area contributed by atoms with Crippen molar-refractivity contribution in [2.45, 2.75) is 13.8 Å². The number of amides is 1. The molecule has 2 aromatic heterocycles. The molecule has 0 aromatic carbocycles. The molecular weight excluding hydrogens is 230 g/mol. The average Bonchev–Trinajstić information content (AvgIpc) is 2.80. The largest absolute Gasteiger partial charge is 0.350 e. The van der Waals surface area contributed by atoms with Gasteiger partial charge in [0.2, 0.25) is 0 Å². The Labute approximate surface area is 104 Å². The maximum Gasteiger partial charge on any atom is 0.255 e. The highest BCUT2D eigenvalue weighted by molar-refractivity contribution is 6.00. The minimum absolute atomic E-state index is 0.249. The van der Waals surface area contributed by atoms with Crippen LogP contribution in [-0.2, 0) is 0 Å². The number of carbonyl (C=O) groups excluding carboxylic acids is 1. The number of nitriles is 1. The first-order valence-corrected chi connectivity index (χ1v) is 5.50. The number of carbonyl (C=O) groups is 1. The van der Waals surface area contributed by atoms with Gasteiger partial charge >= 0.3 is 0 Å². The molecule has 18 heavy (non-hydrogen) atoms. The van der Waals surface area contributed by atoms with E-state index in [0.29, 0.717) is 17.6 Å². The van der Waals surface area contributed by atoms with Gasteiger partial charge in [-0.25, -0.2) is 4.52 Å². The summed E-state index contributed by atoms with van der Waals surface area (Å²) in [7, 11) is 0. The Hall–Kier alpha value is -2.42. The summed E-state index contributed by atoms with van der Waals surface area (Å²) in [6.07, 6.45) is 6.34. The van der Waals surface area contributed by atoms with Gasteiger partial charge in [0.05, 0.1) is 35.0 Å². The van der Waals surface area contributed by atoms with E-state index in [2.05, 4.69) is 21.5 Å². The lowest BCUT2D eigenvalue weighted by Crippen LogP contribution is -2.33. The van der Waals surface area contributed by atoms with E-state index in [4.69, 9.17) is 5.26 Å². The number of fused-ring (bicyclic) bond motifs is 1. The second kappa shape index (κ2) is 4.45. The minimum atomic E-state index is -0.586. The van der Waals surface area contributed by atoms with Gasteiger partial charge in [-0.3, -0.25) is 9.78 Å². The van der Waals surface area contributed by atoms with Crippen molar-refractivity contribution in [3.05, 3.63) is 30.4 Å². The Morgan fingerprint density at radius 3 is 3.06 bits per heavy atom. The van der Waals surface area contributed by atoms with Gasteiger partial charge in [-0.1, -0.05) is 0 Å². The Kier molecular flexibility index (Phi) is 2.98. The maximum atomic E-state index is 12.0. The highest BCUT2D eigenvalue weighted by Crippen LogP contribution is 2.12. The normalized spacial score (nSPS) is 11.2. The first kappa shape index (κ1) is 12.0. The van der Waals surface area contributed by atoms with Gasteiger partial charge in [-0.05, 0) is 13.8 Å². The van der Waals surface area contributed by atoms with E-state index in [1.807, 2.05) is 0 Å². The fraction of sp³-hybridized carbons (Fsp3) is 0.333. The highest BCUT2D eigenvalue weighted by atomic mass is 16.1. The summed E-state index contributed by atoms with van der Waals surface area (Å²) < 4.78 is 1.58. The molecule has 92 valence electrons. The van der Waals surface area contributed by atoms with Crippen LogP contribution < -0.4 is 5.32 Å². The van der Waals surface area contributed by atoms with Crippen LogP contribution in [0, 0.1) is 16.7 Å². The Morgan fingerprint density at radius 2 is 2.33 bits per heavy atom. The zero-order valence-electron chi connectivity index (χ0n) is 10.2. The molecule has 1 N–H and O–H groups in total. The Morgan fingerprint density at radius 1 is 1.56 bits per heavy atom. The molecule has 0 unspecified atom stereocenters. The number of hydrogen-bond acceptors (Lipinski definition) is 4. The molecule has 0 spiro atoms. The second-order valence-electron chi connectivity index (χ2n) is 4.64. The summed E-state index contributed by atoms with van der Waals surface area (Å²) in [6, 6.07) is 2.13. The van der Waals surface area contributed by atoms with E-state index >= 15 is 0 Å². The second-order valence-corrected chi connectivity index (χ2v) is 4.64. The molecule has 0 aliphatic rings. The van der Waals surface area contributed by atoms with Gasteiger partial charge in [0.25, 0.3) is 5.91 Å². The molecule has 2 aromatic rings. The lowest BCUT2D eigenvalue weighted by atomic mass is 9.96. The smallest absolute Gasteiger partial charge is 0.255 e. The van der Waals surface area contributed by atoms with Crippen molar-refractivity contribution in [2.75, 3.05) is 6.54 Å². The van der Waals surface area contributed by atoms with Crippen molar-refractivity contribution >= 4 is 11.4 Å². The molecule has 2 heterocycles. The van der Waals surface area contributed by atoms with Crippen LogP contribution in [0.25, 0.3) is 5.52 Å². The van der Waals surface area contributed by atoms with Crippen molar-refractivity contribution in [3.63, 3.8) is 0 Å². The van der Waals surface area contributed by atoms with Crippen LogP contribution in [0.2, 0.25) is 0 Å². The van der Waals surface area contributed by atoms with E-state index in [9.17, 15) is 4.79 Å². The van der Waals surface area contributed by atoms with Crippen LogP contribution in [-0.4, -0.2) is 27.0 Å². The molecule has 0 atom stereocenters. The van der Waals surface area contributed by atoms with Crippen molar-refractivity contribution in [1.29, 1.82) is 5.26 Å². The monoisotopic (exact) mass is 243 g/mol. The van der Waals surface area contributed by atoms with Crippen LogP contribution in [0.1, 0.15) is 24.2 Å². The van der Waals surface area contributed by atoms with Gasteiger partial charge in [0.1, 0.15) is 0 Å². The SMILES string of the molecule is CC(C)(C#N)CNC(=O)c1cnn2ccncc12. The molecular formula is C12H13N5O. The van der Waals surface area contributed by atoms with E-state index in [1.54, 1.807) is 37.0 Å². The zero-order chi connectivity index (χ0) is 13.2. The molecule has 0 aliphatic heterocycles. The van der Waals surface area contributed by atoms with E-state index in [-0.39, 0.29) is 5.91 Å². The van der Waals surface area contributed by atoms with Crippen LogP contribution >= 0.6 is 0 Å². The molecule has 0 aliphatic carbocycles. The predicted octanol–water partition coefficient (Wildman–Crippen LogP) is 1.01. The van der Waals surface area contributed by atoms with Crippen molar-refractivity contribution in [2.24, 2.45) is 5.41 Å². The molecule has 0 bridgehead atoms. The molecule has 2 rings (SSSR count). The standard InChI is InChI=1S/C12H13N5O/c1-12(2,7-13)8-15-11(18)9-5-16-17-4-3-14-6-10(9)17/h3-6H,8H2,1-2H3,(H,15,18). The van der Waals surface area contributed by atoms with Gasteiger partial charge in [-0.2, -0.15) is 10.4 Å². The topological polar surface area (TPSA) is 83.1 Å². The Balaban J connectivity index is 2.18. The van der Waals surface area contributed by atoms with E-state index in [1.165, 1.54) is 6.20 Å². The lowest BCUT2D eigenvalue weighted by Gasteiger charge is -2.15. The zero-order valence-corrected chi connectivity index (χ0v) is 10.2. The quantitative estimate of drug-likeness (QED) is 0.872. The molecule has 0 saturated carbocycles. The summed E-state index contributed by atoms with van der Waals surface area (Å²) >= 11 is 0. The van der Waals surface area contributed by atoms with Gasteiger partial charge in [-0.15, -0.1) is 0 Å². The third kappa shape index (κ3) is 2.30. The van der Waals surface area contributed by atoms with Crippen molar-refractivity contribution in [3.8, 4) is 6.07 Å². The number of rotatable bonds is 3. The third-order valence-corrected chi connectivity index (χ3v) is 2.56. The first-order valence-electron chi connectivity index (χ1n) is 5.50. The minimum Gasteiger partial charge on any atom is -0.350 e. The lowest BCUT2D eigenvalue weighted by molar-refractivity contribution is 0.0945. The fourth-order valence-corrected chi connectivity index (χ4v) is 1.45. The summed E-state index contributed by atoms with van der Waals surface area (Å²) in [5.74, 6) is -0.249. The molecule has 6 nitrogen and oxygen atoms in total. The first-order chi connectivity index (χ1) is 8.53. The maximum absolute atomic E-state index is 12.0. The highest BCUT2D eigenvalue weighted by Gasteiger charge is 2.19.